The van der Waals surface area contributed by atoms with Crippen molar-refractivity contribution in [2.24, 2.45) is 0 Å². The van der Waals surface area contributed by atoms with Crippen molar-refractivity contribution in [3.8, 4) is 5.75 Å². The molecular weight excluding hydrogens is 356 g/mol. The second-order valence-electron chi connectivity index (χ2n) is 6.79. The smallest absolute Gasteiger partial charge is 0.255 e. The number of benzene rings is 2. The lowest BCUT2D eigenvalue weighted by atomic mass is 10.1. The van der Waals surface area contributed by atoms with Crippen LogP contribution in [0.15, 0.2) is 54.6 Å². The SMILES string of the molecule is CC(=O)N1CCC(Oc2ccccc2C(=O)NCC(=O)c2ccccc2)CC1. The fraction of sp³-hybridized carbons (Fsp3) is 0.318. The van der Waals surface area contributed by atoms with E-state index in [2.05, 4.69) is 5.32 Å². The van der Waals surface area contributed by atoms with Crippen LogP contribution in [0.2, 0.25) is 0 Å². The summed E-state index contributed by atoms with van der Waals surface area (Å²) in [5, 5.41) is 2.68. The van der Waals surface area contributed by atoms with Crippen LogP contribution in [-0.4, -0.2) is 48.2 Å². The molecular formula is C22H24N2O4. The van der Waals surface area contributed by atoms with E-state index in [1.165, 1.54) is 0 Å². The molecule has 28 heavy (non-hydrogen) atoms. The quantitative estimate of drug-likeness (QED) is 0.782. The van der Waals surface area contributed by atoms with Crippen molar-refractivity contribution < 1.29 is 19.1 Å². The van der Waals surface area contributed by atoms with Gasteiger partial charge in [-0.25, -0.2) is 0 Å². The minimum absolute atomic E-state index is 0.0458. The van der Waals surface area contributed by atoms with E-state index in [1.54, 1.807) is 54.3 Å². The number of nitrogens with one attached hydrogen (secondary N) is 1. The number of para-hydroxylation sites is 1. The van der Waals surface area contributed by atoms with E-state index in [0.717, 1.165) is 12.8 Å². The zero-order chi connectivity index (χ0) is 19.9. The Morgan fingerprint density at radius 2 is 1.64 bits per heavy atom. The van der Waals surface area contributed by atoms with Gasteiger partial charge >= 0.3 is 0 Å². The van der Waals surface area contributed by atoms with Crippen LogP contribution in [0, 0.1) is 0 Å². The van der Waals surface area contributed by atoms with Gasteiger partial charge in [0.15, 0.2) is 5.78 Å². The number of hydrogen-bond donors (Lipinski definition) is 1. The molecule has 3 rings (SSSR count). The van der Waals surface area contributed by atoms with Gasteiger partial charge in [0.2, 0.25) is 5.91 Å². The first kappa shape index (κ1) is 19.6. The molecule has 2 aromatic carbocycles. The van der Waals surface area contributed by atoms with E-state index in [-0.39, 0.29) is 30.2 Å². The maximum Gasteiger partial charge on any atom is 0.255 e. The molecule has 0 bridgehead atoms. The molecule has 146 valence electrons. The van der Waals surface area contributed by atoms with Crippen molar-refractivity contribution in [1.82, 2.24) is 10.2 Å². The Hall–Kier alpha value is -3.15. The van der Waals surface area contributed by atoms with Gasteiger partial charge in [-0.15, -0.1) is 0 Å². The van der Waals surface area contributed by atoms with Gasteiger partial charge in [-0.2, -0.15) is 0 Å². The van der Waals surface area contributed by atoms with E-state index in [9.17, 15) is 14.4 Å². The number of carbonyl (C=O) groups excluding carboxylic acids is 3. The Balaban J connectivity index is 1.59. The second-order valence-corrected chi connectivity index (χ2v) is 6.79. The van der Waals surface area contributed by atoms with E-state index >= 15 is 0 Å². The van der Waals surface area contributed by atoms with E-state index in [4.69, 9.17) is 4.74 Å². The van der Waals surface area contributed by atoms with Crippen molar-refractivity contribution in [2.45, 2.75) is 25.9 Å². The van der Waals surface area contributed by atoms with Crippen LogP contribution >= 0.6 is 0 Å². The number of ketones is 1. The molecule has 6 heteroatoms. The Bertz CT molecular complexity index is 843. The predicted molar refractivity (Wildman–Crippen MR) is 105 cm³/mol. The summed E-state index contributed by atoms with van der Waals surface area (Å²) in [6.07, 6.45) is 1.40. The molecule has 0 spiro atoms. The summed E-state index contributed by atoms with van der Waals surface area (Å²) < 4.78 is 6.04. The van der Waals surface area contributed by atoms with Crippen LogP contribution < -0.4 is 10.1 Å². The molecule has 0 atom stereocenters. The number of nitrogens with zero attached hydrogens (tertiary/aromatic N) is 1. The summed E-state index contributed by atoms with van der Waals surface area (Å²) in [5.74, 6) is 0.0692. The average Bonchev–Trinajstić information content (AvgIpc) is 2.73. The minimum Gasteiger partial charge on any atom is -0.489 e. The number of ether oxygens (including phenoxy) is 1. The lowest BCUT2D eigenvalue weighted by Gasteiger charge is -2.31. The molecule has 1 N–H and O–H groups in total. The highest BCUT2D eigenvalue weighted by atomic mass is 16.5. The molecule has 0 unspecified atom stereocenters. The molecule has 0 saturated carbocycles. The van der Waals surface area contributed by atoms with E-state index in [0.29, 0.717) is 30.0 Å². The zero-order valence-corrected chi connectivity index (χ0v) is 15.9. The lowest BCUT2D eigenvalue weighted by Crippen LogP contribution is -2.40. The first-order valence-corrected chi connectivity index (χ1v) is 9.42. The fourth-order valence-electron chi connectivity index (χ4n) is 3.21. The molecule has 6 nitrogen and oxygen atoms in total. The van der Waals surface area contributed by atoms with Crippen molar-refractivity contribution in [3.63, 3.8) is 0 Å². The average molecular weight is 380 g/mol. The zero-order valence-electron chi connectivity index (χ0n) is 15.9. The molecule has 1 heterocycles. The Labute approximate surface area is 164 Å². The van der Waals surface area contributed by atoms with Gasteiger partial charge in [-0.1, -0.05) is 42.5 Å². The van der Waals surface area contributed by atoms with Crippen LogP contribution in [0.4, 0.5) is 0 Å². The summed E-state index contributed by atoms with van der Waals surface area (Å²) in [4.78, 5) is 38.0. The third-order valence-electron chi connectivity index (χ3n) is 4.82. The Morgan fingerprint density at radius 3 is 2.32 bits per heavy atom. The van der Waals surface area contributed by atoms with Crippen molar-refractivity contribution >= 4 is 17.6 Å². The first-order chi connectivity index (χ1) is 13.5. The normalized spacial score (nSPS) is 14.4. The van der Waals surface area contributed by atoms with Crippen LogP contribution in [0.3, 0.4) is 0 Å². The van der Waals surface area contributed by atoms with Crippen molar-refractivity contribution in [2.75, 3.05) is 19.6 Å². The lowest BCUT2D eigenvalue weighted by molar-refractivity contribution is -0.130. The van der Waals surface area contributed by atoms with Crippen LogP contribution in [-0.2, 0) is 4.79 Å². The molecule has 2 amide bonds. The maximum atomic E-state index is 12.6. The Morgan fingerprint density at radius 1 is 1.00 bits per heavy atom. The maximum absolute atomic E-state index is 12.6. The summed E-state index contributed by atoms with van der Waals surface area (Å²) in [7, 11) is 0. The van der Waals surface area contributed by atoms with Gasteiger partial charge in [-0.05, 0) is 12.1 Å². The van der Waals surface area contributed by atoms with E-state index < -0.39 is 0 Å². The van der Waals surface area contributed by atoms with Gasteiger partial charge in [0.1, 0.15) is 11.9 Å². The number of Topliss-reactive ketones (excluding diaryl/α,β-unsaturated/α-hetero) is 1. The summed E-state index contributed by atoms with van der Waals surface area (Å²) >= 11 is 0. The molecule has 1 fully saturated rings. The molecule has 1 aliphatic heterocycles. The molecule has 0 radical (unpaired) electrons. The minimum atomic E-state index is -0.346. The molecule has 1 aliphatic rings. The summed E-state index contributed by atoms with van der Waals surface area (Å²) in [6.45, 7) is 2.80. The highest BCUT2D eigenvalue weighted by Gasteiger charge is 2.23. The largest absolute Gasteiger partial charge is 0.489 e. The number of amides is 2. The van der Waals surface area contributed by atoms with Crippen LogP contribution in [0.5, 0.6) is 5.75 Å². The standard InChI is InChI=1S/C22H24N2O4/c1-16(25)24-13-11-18(12-14-24)28-21-10-6-5-9-19(21)22(27)23-15-20(26)17-7-3-2-4-8-17/h2-10,18H,11-15H2,1H3,(H,23,27). The topological polar surface area (TPSA) is 75.7 Å². The van der Waals surface area contributed by atoms with Gasteiger partial charge in [0.25, 0.3) is 5.91 Å². The van der Waals surface area contributed by atoms with Gasteiger partial charge in [0.05, 0.1) is 12.1 Å². The number of piperidine rings is 1. The van der Waals surface area contributed by atoms with Gasteiger partial charge < -0.3 is 15.0 Å². The molecule has 0 aliphatic carbocycles. The number of likely N-dealkylation sites (tertiary alicyclic amines) is 1. The third-order valence-corrected chi connectivity index (χ3v) is 4.82. The highest BCUT2D eigenvalue weighted by Crippen LogP contribution is 2.23. The number of hydrogen-bond acceptors (Lipinski definition) is 4. The number of carbonyl (C=O) groups is 3. The van der Waals surface area contributed by atoms with Gasteiger partial charge in [-0.3, -0.25) is 14.4 Å². The van der Waals surface area contributed by atoms with Crippen molar-refractivity contribution in [1.29, 1.82) is 0 Å². The van der Waals surface area contributed by atoms with Crippen LogP contribution in [0.1, 0.15) is 40.5 Å². The third kappa shape index (κ3) is 4.97. The second kappa shape index (κ2) is 9.17. The summed E-state index contributed by atoms with van der Waals surface area (Å²) in [6, 6.07) is 15.9. The van der Waals surface area contributed by atoms with Gasteiger partial charge in [0, 0.05) is 38.4 Å². The molecule has 2 aromatic rings. The summed E-state index contributed by atoms with van der Waals surface area (Å²) in [5.41, 5.74) is 0.960. The van der Waals surface area contributed by atoms with E-state index in [1.807, 2.05) is 12.1 Å². The molecule has 1 saturated heterocycles. The number of rotatable bonds is 6. The highest BCUT2D eigenvalue weighted by molar-refractivity contribution is 6.03. The monoisotopic (exact) mass is 380 g/mol. The fourth-order valence-corrected chi connectivity index (χ4v) is 3.21. The van der Waals surface area contributed by atoms with Crippen molar-refractivity contribution in [3.05, 3.63) is 65.7 Å². The van der Waals surface area contributed by atoms with Crippen LogP contribution in [0.25, 0.3) is 0 Å². The Kier molecular flexibility index (Phi) is 6.42. The molecule has 0 aromatic heterocycles. The predicted octanol–water partition coefficient (Wildman–Crippen LogP) is 2.69. The first-order valence-electron chi connectivity index (χ1n) is 9.42.